The second-order valence-electron chi connectivity index (χ2n) is 5.62. The Bertz CT molecular complexity index is 1020. The molecule has 0 aliphatic heterocycles. The van der Waals surface area contributed by atoms with Crippen LogP contribution in [0.25, 0.3) is 10.8 Å². The number of nitrogens with zero attached hydrogens (tertiary/aromatic N) is 4. The monoisotopic (exact) mass is 365 g/mol. The summed E-state index contributed by atoms with van der Waals surface area (Å²) < 4.78 is 7.09. The molecule has 0 fully saturated rings. The van der Waals surface area contributed by atoms with Crippen molar-refractivity contribution in [2.24, 2.45) is 0 Å². The van der Waals surface area contributed by atoms with E-state index >= 15 is 0 Å². The third-order valence-electron chi connectivity index (χ3n) is 3.69. The van der Waals surface area contributed by atoms with Crippen molar-refractivity contribution in [1.82, 2.24) is 19.7 Å². The Labute approximate surface area is 153 Å². The molecule has 26 heavy (non-hydrogen) atoms. The van der Waals surface area contributed by atoms with Crippen LogP contribution < -0.4 is 5.32 Å². The van der Waals surface area contributed by atoms with Gasteiger partial charge in [0.15, 0.2) is 16.6 Å². The van der Waals surface area contributed by atoms with E-state index in [1.807, 2.05) is 31.3 Å². The van der Waals surface area contributed by atoms with E-state index in [1.54, 1.807) is 35.5 Å². The van der Waals surface area contributed by atoms with Gasteiger partial charge in [-0.2, -0.15) is 5.10 Å². The maximum Gasteiger partial charge on any atom is 0.276 e. The van der Waals surface area contributed by atoms with Crippen LogP contribution in [0.2, 0.25) is 0 Å². The topological polar surface area (TPSA) is 85.8 Å². The zero-order valence-electron chi connectivity index (χ0n) is 13.9. The van der Waals surface area contributed by atoms with Crippen molar-refractivity contribution < 1.29 is 9.21 Å². The quantitative estimate of drug-likeness (QED) is 0.584. The lowest BCUT2D eigenvalue weighted by molar-refractivity contribution is 0.102. The van der Waals surface area contributed by atoms with Gasteiger partial charge in [-0.05, 0) is 30.7 Å². The van der Waals surface area contributed by atoms with Crippen molar-refractivity contribution >= 4 is 23.1 Å². The third-order valence-corrected chi connectivity index (χ3v) is 4.68. The SMILES string of the molecule is Cc1sc(-c2ccco2)nc1C(=O)Nc1ccn(Cc2cccnc2)n1. The number of carbonyl (C=O) groups is 1. The second-order valence-corrected chi connectivity index (χ2v) is 6.82. The van der Waals surface area contributed by atoms with Crippen molar-refractivity contribution in [3.63, 3.8) is 0 Å². The molecule has 0 aliphatic carbocycles. The van der Waals surface area contributed by atoms with E-state index in [4.69, 9.17) is 4.42 Å². The normalized spacial score (nSPS) is 10.8. The Morgan fingerprint density at radius 2 is 2.23 bits per heavy atom. The van der Waals surface area contributed by atoms with E-state index in [1.165, 1.54) is 11.3 Å². The molecule has 0 saturated carbocycles. The number of hydrogen-bond donors (Lipinski definition) is 1. The van der Waals surface area contributed by atoms with Crippen LogP contribution in [0.5, 0.6) is 0 Å². The van der Waals surface area contributed by atoms with E-state index in [-0.39, 0.29) is 5.91 Å². The number of thiazole rings is 1. The number of rotatable bonds is 5. The first-order valence-electron chi connectivity index (χ1n) is 7.94. The van der Waals surface area contributed by atoms with Gasteiger partial charge in [-0.3, -0.25) is 14.5 Å². The summed E-state index contributed by atoms with van der Waals surface area (Å²) in [7, 11) is 0. The minimum atomic E-state index is -0.289. The Kier molecular flexibility index (Phi) is 4.32. The van der Waals surface area contributed by atoms with Crippen molar-refractivity contribution in [3.8, 4) is 10.8 Å². The van der Waals surface area contributed by atoms with Crippen LogP contribution in [-0.2, 0) is 6.54 Å². The minimum absolute atomic E-state index is 0.289. The van der Waals surface area contributed by atoms with Gasteiger partial charge in [0.2, 0.25) is 0 Å². The fraction of sp³-hybridized carbons (Fsp3) is 0.111. The predicted molar refractivity (Wildman–Crippen MR) is 98.1 cm³/mol. The number of aromatic nitrogens is 4. The molecule has 0 aromatic carbocycles. The molecule has 4 aromatic heterocycles. The fourth-order valence-corrected chi connectivity index (χ4v) is 3.36. The highest BCUT2D eigenvalue weighted by atomic mass is 32.1. The summed E-state index contributed by atoms with van der Waals surface area (Å²) >= 11 is 1.42. The average molecular weight is 365 g/mol. The summed E-state index contributed by atoms with van der Waals surface area (Å²) in [5, 5.41) is 7.84. The molecule has 1 amide bonds. The number of anilines is 1. The maximum absolute atomic E-state index is 12.5. The number of nitrogens with one attached hydrogen (secondary N) is 1. The molecule has 8 heteroatoms. The second kappa shape index (κ2) is 6.93. The Hall–Kier alpha value is -3.26. The van der Waals surface area contributed by atoms with Crippen LogP contribution in [0.4, 0.5) is 5.82 Å². The highest BCUT2D eigenvalue weighted by Crippen LogP contribution is 2.28. The Balaban J connectivity index is 1.47. The summed E-state index contributed by atoms with van der Waals surface area (Å²) in [6.45, 7) is 2.45. The number of hydrogen-bond acceptors (Lipinski definition) is 6. The summed E-state index contributed by atoms with van der Waals surface area (Å²) in [5.74, 6) is 0.840. The molecule has 4 heterocycles. The Morgan fingerprint density at radius 3 is 3.00 bits per heavy atom. The summed E-state index contributed by atoms with van der Waals surface area (Å²) in [6.07, 6.45) is 6.91. The molecule has 130 valence electrons. The van der Waals surface area contributed by atoms with Crippen molar-refractivity contribution in [2.45, 2.75) is 13.5 Å². The predicted octanol–water partition coefficient (Wildman–Crippen LogP) is 3.60. The number of pyridine rings is 1. The Morgan fingerprint density at radius 1 is 1.31 bits per heavy atom. The summed E-state index contributed by atoms with van der Waals surface area (Å²) in [6, 6.07) is 9.22. The molecule has 0 aliphatic rings. The maximum atomic E-state index is 12.5. The first kappa shape index (κ1) is 16.2. The van der Waals surface area contributed by atoms with Gasteiger partial charge in [0, 0.05) is 29.5 Å². The van der Waals surface area contributed by atoms with Crippen LogP contribution in [-0.4, -0.2) is 25.7 Å². The lowest BCUT2D eigenvalue weighted by Gasteiger charge is -2.02. The summed E-state index contributed by atoms with van der Waals surface area (Å²) in [5.41, 5.74) is 1.41. The first-order chi connectivity index (χ1) is 12.7. The molecular formula is C18H15N5O2S. The molecule has 0 saturated heterocycles. The van der Waals surface area contributed by atoms with Gasteiger partial charge in [-0.1, -0.05) is 6.07 Å². The molecule has 7 nitrogen and oxygen atoms in total. The van der Waals surface area contributed by atoms with Gasteiger partial charge < -0.3 is 9.73 Å². The number of carbonyl (C=O) groups excluding carboxylic acids is 1. The molecule has 0 spiro atoms. The standard InChI is InChI=1S/C18H15N5O2S/c1-12-16(21-18(26-12)14-5-3-9-25-14)17(24)20-15-6-8-23(22-15)11-13-4-2-7-19-10-13/h2-10H,11H2,1H3,(H,20,22,24). The average Bonchev–Trinajstić information content (AvgIpc) is 3.37. The van der Waals surface area contributed by atoms with E-state index in [2.05, 4.69) is 20.4 Å². The molecule has 0 unspecified atom stereocenters. The molecule has 1 N–H and O–H groups in total. The van der Waals surface area contributed by atoms with Crippen molar-refractivity contribution in [2.75, 3.05) is 5.32 Å². The zero-order valence-corrected chi connectivity index (χ0v) is 14.7. The smallest absolute Gasteiger partial charge is 0.276 e. The highest BCUT2D eigenvalue weighted by Gasteiger charge is 2.18. The summed E-state index contributed by atoms with van der Waals surface area (Å²) in [4.78, 5) is 21.8. The van der Waals surface area contributed by atoms with Crippen LogP contribution in [0.3, 0.4) is 0 Å². The van der Waals surface area contributed by atoms with E-state index in [0.717, 1.165) is 10.4 Å². The molecule has 0 bridgehead atoms. The number of furan rings is 1. The number of aryl methyl sites for hydroxylation is 1. The van der Waals surface area contributed by atoms with Gasteiger partial charge in [0.1, 0.15) is 5.69 Å². The fourth-order valence-electron chi connectivity index (χ4n) is 2.48. The third kappa shape index (κ3) is 3.40. The van der Waals surface area contributed by atoms with E-state index in [0.29, 0.717) is 28.8 Å². The molecule has 4 rings (SSSR count). The molecule has 4 aromatic rings. The minimum Gasteiger partial charge on any atom is -0.462 e. The molecule has 0 radical (unpaired) electrons. The van der Waals surface area contributed by atoms with Gasteiger partial charge in [-0.15, -0.1) is 11.3 Å². The highest BCUT2D eigenvalue weighted by molar-refractivity contribution is 7.15. The van der Waals surface area contributed by atoms with Gasteiger partial charge in [-0.25, -0.2) is 4.98 Å². The van der Waals surface area contributed by atoms with Gasteiger partial charge in [0.25, 0.3) is 5.91 Å². The van der Waals surface area contributed by atoms with Gasteiger partial charge >= 0.3 is 0 Å². The number of amides is 1. The van der Waals surface area contributed by atoms with Crippen LogP contribution >= 0.6 is 11.3 Å². The molecule has 0 atom stereocenters. The van der Waals surface area contributed by atoms with Crippen LogP contribution in [0, 0.1) is 6.92 Å². The lowest BCUT2D eigenvalue weighted by Crippen LogP contribution is -2.14. The van der Waals surface area contributed by atoms with Crippen molar-refractivity contribution in [3.05, 3.63) is 71.3 Å². The van der Waals surface area contributed by atoms with E-state index in [9.17, 15) is 4.79 Å². The molecular weight excluding hydrogens is 350 g/mol. The largest absolute Gasteiger partial charge is 0.462 e. The lowest BCUT2D eigenvalue weighted by atomic mass is 10.3. The van der Waals surface area contributed by atoms with Crippen molar-refractivity contribution in [1.29, 1.82) is 0 Å². The van der Waals surface area contributed by atoms with Crippen LogP contribution in [0.1, 0.15) is 20.9 Å². The van der Waals surface area contributed by atoms with E-state index < -0.39 is 0 Å². The van der Waals surface area contributed by atoms with Gasteiger partial charge in [0.05, 0.1) is 12.8 Å². The first-order valence-corrected chi connectivity index (χ1v) is 8.76. The van der Waals surface area contributed by atoms with Crippen LogP contribution in [0.15, 0.2) is 59.6 Å². The zero-order chi connectivity index (χ0) is 17.9.